The number of ether oxygens (including phenoxy) is 1. The third-order valence-corrected chi connectivity index (χ3v) is 5.84. The van der Waals surface area contributed by atoms with Crippen molar-refractivity contribution >= 4 is 29.1 Å². The Labute approximate surface area is 196 Å². The molecule has 2 aliphatic heterocycles. The fourth-order valence-electron chi connectivity index (χ4n) is 3.95. The molecule has 1 atom stereocenters. The van der Waals surface area contributed by atoms with E-state index in [2.05, 4.69) is 10.3 Å². The molecule has 0 fully saturated rings. The largest absolute Gasteiger partial charge is 0.481 e. The quantitative estimate of drug-likeness (QED) is 0.614. The molecule has 0 bridgehead atoms. The number of benzene rings is 2. The molecule has 3 aromatic rings. The highest BCUT2D eigenvalue weighted by molar-refractivity contribution is 6.31. The Morgan fingerprint density at radius 2 is 2.00 bits per heavy atom. The lowest BCUT2D eigenvalue weighted by molar-refractivity contribution is 0.0950. The number of para-hydroxylation sites is 1. The van der Waals surface area contributed by atoms with E-state index in [9.17, 15) is 9.59 Å². The molecule has 164 valence electrons. The molecule has 6 nitrogen and oxygen atoms in total. The van der Waals surface area contributed by atoms with E-state index in [0.717, 1.165) is 11.3 Å². The maximum absolute atomic E-state index is 13.2. The summed E-state index contributed by atoms with van der Waals surface area (Å²) in [6.07, 6.45) is 4.77. The Bertz CT molecular complexity index is 1330. The van der Waals surface area contributed by atoms with Crippen LogP contribution >= 0.6 is 11.6 Å². The van der Waals surface area contributed by atoms with Gasteiger partial charge in [-0.15, -0.1) is 0 Å². The number of aromatic nitrogens is 1. The smallest absolute Gasteiger partial charge is 0.251 e. The third-order valence-electron chi connectivity index (χ3n) is 5.60. The first-order chi connectivity index (χ1) is 16.0. The van der Waals surface area contributed by atoms with Crippen LogP contribution in [-0.4, -0.2) is 29.3 Å². The van der Waals surface area contributed by atoms with Gasteiger partial charge in [0, 0.05) is 28.7 Å². The Morgan fingerprint density at radius 1 is 1.15 bits per heavy atom. The van der Waals surface area contributed by atoms with Gasteiger partial charge in [0.2, 0.25) is 0 Å². The van der Waals surface area contributed by atoms with Gasteiger partial charge in [0.05, 0.1) is 17.7 Å². The number of carbonyl (C=O) groups is 2. The highest BCUT2D eigenvalue weighted by atomic mass is 35.5. The van der Waals surface area contributed by atoms with E-state index >= 15 is 0 Å². The Kier molecular flexibility index (Phi) is 5.44. The molecule has 2 aliphatic rings. The highest BCUT2D eigenvalue weighted by Gasteiger charge is 2.35. The Hall–Kier alpha value is -3.90. The van der Waals surface area contributed by atoms with Crippen LogP contribution in [0.4, 0.5) is 5.82 Å². The van der Waals surface area contributed by atoms with Crippen LogP contribution in [0.1, 0.15) is 26.3 Å². The van der Waals surface area contributed by atoms with Crippen molar-refractivity contribution in [3.63, 3.8) is 0 Å². The molecule has 5 rings (SSSR count). The molecule has 2 aromatic carbocycles. The summed E-state index contributed by atoms with van der Waals surface area (Å²) in [5.74, 6) is 0.889. The first kappa shape index (κ1) is 21.0. The van der Waals surface area contributed by atoms with Gasteiger partial charge < -0.3 is 15.0 Å². The molecule has 0 spiro atoms. The van der Waals surface area contributed by atoms with E-state index in [4.69, 9.17) is 16.3 Å². The summed E-state index contributed by atoms with van der Waals surface area (Å²) in [7, 11) is 0. The Balaban J connectivity index is 1.49. The average molecular weight is 458 g/mol. The van der Waals surface area contributed by atoms with Gasteiger partial charge in [-0.1, -0.05) is 35.9 Å². The van der Waals surface area contributed by atoms with Gasteiger partial charge in [-0.3, -0.25) is 9.59 Å². The first-order valence-corrected chi connectivity index (χ1v) is 10.9. The van der Waals surface area contributed by atoms with Crippen molar-refractivity contribution in [2.45, 2.75) is 13.0 Å². The summed E-state index contributed by atoms with van der Waals surface area (Å²) in [5, 5.41) is 3.43. The van der Waals surface area contributed by atoms with Gasteiger partial charge in [-0.25, -0.2) is 4.98 Å². The predicted octanol–water partition coefficient (Wildman–Crippen LogP) is 4.71. The monoisotopic (exact) mass is 457 g/mol. The molecular weight excluding hydrogens is 438 g/mol. The van der Waals surface area contributed by atoms with Gasteiger partial charge in [0.15, 0.2) is 5.78 Å². The van der Waals surface area contributed by atoms with Crippen molar-refractivity contribution in [2.75, 3.05) is 11.4 Å². The molecule has 1 N–H and O–H groups in total. The van der Waals surface area contributed by atoms with Crippen molar-refractivity contribution in [2.24, 2.45) is 0 Å². The van der Waals surface area contributed by atoms with E-state index in [1.807, 2.05) is 42.2 Å². The number of amides is 1. The maximum atomic E-state index is 13.2. The number of ketones is 1. The topological polar surface area (TPSA) is 71.5 Å². The SMILES string of the molecule is Cc1cccnc1N1C=C2C(=O)c3ccccc3O[C@@H]2C=C1CNC(=O)c1cccc(Cl)c1. The van der Waals surface area contributed by atoms with Gasteiger partial charge in [0.25, 0.3) is 5.91 Å². The summed E-state index contributed by atoms with van der Waals surface area (Å²) in [5.41, 5.74) is 3.19. The normalized spacial score (nSPS) is 16.7. The standard InChI is InChI=1S/C26H20ClN3O3/c1-16-6-5-11-28-25(16)30-15-21-23(33-22-10-3-2-9-20(22)24(21)31)13-19(30)14-29-26(32)17-7-4-8-18(27)12-17/h2-13,15,23H,14H2,1H3,(H,29,32)/t23-/m1/s1. The number of hydrogen-bond donors (Lipinski definition) is 1. The fraction of sp³-hybridized carbons (Fsp3) is 0.115. The van der Waals surface area contributed by atoms with Crippen LogP contribution in [0.3, 0.4) is 0 Å². The molecule has 1 aromatic heterocycles. The molecule has 0 aliphatic carbocycles. The highest BCUT2D eigenvalue weighted by Crippen LogP contribution is 2.36. The summed E-state index contributed by atoms with van der Waals surface area (Å²) < 4.78 is 6.12. The minimum absolute atomic E-state index is 0.0845. The fourth-order valence-corrected chi connectivity index (χ4v) is 4.14. The second-order valence-corrected chi connectivity index (χ2v) is 8.25. The number of pyridine rings is 1. The van der Waals surface area contributed by atoms with Crippen molar-refractivity contribution in [1.29, 1.82) is 0 Å². The summed E-state index contributed by atoms with van der Waals surface area (Å²) in [6.45, 7) is 2.16. The molecular formula is C26H20ClN3O3. The number of aryl methyl sites for hydroxylation is 1. The molecule has 7 heteroatoms. The lowest BCUT2D eigenvalue weighted by Gasteiger charge is -2.34. The number of Topliss-reactive ketones (excluding diaryl/α,β-unsaturated/α-hetero) is 1. The second kappa shape index (κ2) is 8.56. The molecule has 33 heavy (non-hydrogen) atoms. The molecule has 1 amide bonds. The van der Waals surface area contributed by atoms with Crippen LogP contribution in [0.15, 0.2) is 90.4 Å². The van der Waals surface area contributed by atoms with Crippen LogP contribution in [0.5, 0.6) is 5.75 Å². The number of anilines is 1. The van der Waals surface area contributed by atoms with E-state index in [1.54, 1.807) is 48.8 Å². The average Bonchev–Trinajstić information content (AvgIpc) is 2.83. The number of carbonyl (C=O) groups excluding carboxylic acids is 2. The minimum Gasteiger partial charge on any atom is -0.481 e. The predicted molar refractivity (Wildman–Crippen MR) is 127 cm³/mol. The number of fused-ring (bicyclic) bond motifs is 2. The van der Waals surface area contributed by atoms with Crippen LogP contribution in [0.25, 0.3) is 0 Å². The summed E-state index contributed by atoms with van der Waals surface area (Å²) in [4.78, 5) is 32.3. The van der Waals surface area contributed by atoms with Crippen LogP contribution in [0.2, 0.25) is 5.02 Å². The summed E-state index contributed by atoms with van der Waals surface area (Å²) in [6, 6.07) is 17.8. The van der Waals surface area contributed by atoms with E-state index in [1.165, 1.54) is 0 Å². The van der Waals surface area contributed by atoms with Crippen molar-refractivity contribution in [3.05, 3.63) is 112 Å². The van der Waals surface area contributed by atoms with Gasteiger partial charge in [-0.2, -0.15) is 0 Å². The second-order valence-electron chi connectivity index (χ2n) is 7.81. The van der Waals surface area contributed by atoms with E-state index in [-0.39, 0.29) is 18.2 Å². The summed E-state index contributed by atoms with van der Waals surface area (Å²) >= 11 is 6.03. The number of nitrogens with one attached hydrogen (secondary N) is 1. The zero-order chi connectivity index (χ0) is 22.9. The zero-order valence-corrected chi connectivity index (χ0v) is 18.5. The third kappa shape index (κ3) is 4.01. The van der Waals surface area contributed by atoms with Crippen molar-refractivity contribution in [1.82, 2.24) is 10.3 Å². The molecule has 0 saturated carbocycles. The lowest BCUT2D eigenvalue weighted by atomic mass is 9.93. The zero-order valence-electron chi connectivity index (χ0n) is 17.8. The molecule has 3 heterocycles. The molecule has 0 radical (unpaired) electrons. The first-order valence-electron chi connectivity index (χ1n) is 10.5. The number of hydrogen-bond acceptors (Lipinski definition) is 5. The number of nitrogens with zero attached hydrogens (tertiary/aromatic N) is 2. The van der Waals surface area contributed by atoms with Gasteiger partial charge in [0.1, 0.15) is 17.7 Å². The van der Waals surface area contributed by atoms with E-state index < -0.39 is 6.10 Å². The van der Waals surface area contributed by atoms with Gasteiger partial charge in [-0.05, 0) is 55.0 Å². The number of halogens is 1. The van der Waals surface area contributed by atoms with Crippen LogP contribution < -0.4 is 15.0 Å². The molecule has 0 unspecified atom stereocenters. The van der Waals surface area contributed by atoms with Gasteiger partial charge >= 0.3 is 0 Å². The maximum Gasteiger partial charge on any atom is 0.251 e. The number of rotatable bonds is 4. The van der Waals surface area contributed by atoms with Crippen molar-refractivity contribution in [3.8, 4) is 5.75 Å². The van der Waals surface area contributed by atoms with E-state index in [0.29, 0.717) is 33.3 Å². The molecule has 0 saturated heterocycles. The van der Waals surface area contributed by atoms with Crippen LogP contribution in [0, 0.1) is 6.92 Å². The lowest BCUT2D eigenvalue weighted by Crippen LogP contribution is -2.39. The van der Waals surface area contributed by atoms with Crippen molar-refractivity contribution < 1.29 is 14.3 Å². The minimum atomic E-state index is -0.550. The van der Waals surface area contributed by atoms with Crippen LogP contribution in [-0.2, 0) is 0 Å². The Morgan fingerprint density at radius 3 is 2.82 bits per heavy atom.